The van der Waals surface area contributed by atoms with Crippen LogP contribution in [-0.4, -0.2) is 19.9 Å². The van der Waals surface area contributed by atoms with Crippen molar-refractivity contribution in [1.29, 1.82) is 0 Å². The third-order valence-electron chi connectivity index (χ3n) is 4.04. The maximum Gasteiger partial charge on any atom is 2.00 e. The summed E-state index contributed by atoms with van der Waals surface area (Å²) in [4.78, 5) is 16.0. The maximum absolute atomic E-state index is 4.62. The fourth-order valence-corrected chi connectivity index (χ4v) is 2.94. The van der Waals surface area contributed by atoms with Crippen molar-refractivity contribution in [3.8, 4) is 0 Å². The Hall–Kier alpha value is -2.82. The third-order valence-corrected chi connectivity index (χ3v) is 4.04. The number of aromatic nitrogens is 4. The van der Waals surface area contributed by atoms with Gasteiger partial charge in [-0.05, 0) is 72.8 Å². The number of aromatic amines is 2. The summed E-state index contributed by atoms with van der Waals surface area (Å²) < 4.78 is 0. The molecular weight excluding hydrogens is 378 g/mol. The van der Waals surface area contributed by atoms with Gasteiger partial charge >= 0.3 is 19.5 Å². The topological polar surface area (TPSA) is 85.9 Å². The van der Waals surface area contributed by atoms with Gasteiger partial charge in [-0.2, -0.15) is 0 Å². The van der Waals surface area contributed by atoms with E-state index >= 15 is 0 Å². The summed E-state index contributed by atoms with van der Waals surface area (Å²) in [6.07, 6.45) is 8.05. The second-order valence-electron chi connectivity index (χ2n) is 5.91. The van der Waals surface area contributed by atoms with Gasteiger partial charge in [-0.25, -0.2) is 9.97 Å². The van der Waals surface area contributed by atoms with Crippen LogP contribution in [0.25, 0.3) is 46.4 Å². The SMILES string of the molecule is C1=Cc2cc3ccc(cc4ccc(cc5nc(cc1n2)C=C5)[nH]4)[nH]3.[O-2].[Zn+2]. The summed E-state index contributed by atoms with van der Waals surface area (Å²) >= 11 is 0. The average Bonchev–Trinajstić information content (AvgIpc) is 3.32. The Balaban J connectivity index is 0.000000980. The molecule has 0 saturated heterocycles. The van der Waals surface area contributed by atoms with Crippen molar-refractivity contribution >= 4 is 46.4 Å². The molecule has 0 saturated carbocycles. The zero-order chi connectivity index (χ0) is 15.9. The molecule has 26 heavy (non-hydrogen) atoms. The van der Waals surface area contributed by atoms with Gasteiger partial charge in [0.1, 0.15) is 0 Å². The summed E-state index contributed by atoms with van der Waals surface area (Å²) in [6, 6.07) is 16.4. The Morgan fingerprint density at radius 3 is 1.27 bits per heavy atom. The van der Waals surface area contributed by atoms with E-state index in [4.69, 9.17) is 0 Å². The van der Waals surface area contributed by atoms with Crippen LogP contribution < -0.4 is 0 Å². The minimum absolute atomic E-state index is 0. The van der Waals surface area contributed by atoms with Gasteiger partial charge in [0.05, 0.1) is 22.8 Å². The predicted molar refractivity (Wildman–Crippen MR) is 99.5 cm³/mol. The van der Waals surface area contributed by atoms with E-state index in [1.54, 1.807) is 0 Å². The van der Waals surface area contributed by atoms with Crippen LogP contribution in [0, 0.1) is 0 Å². The smallest absolute Gasteiger partial charge is 2.00 e. The standard InChI is InChI=1S/C20H14N4.O.Zn/c1-2-14-10-16-5-6-18(23-16)12-20-8-7-19(24-20)11-17-4-3-15(22-17)9-13(1)21-14;;/h1-12,21-22H;;/q;-2;+2. The van der Waals surface area contributed by atoms with Crippen molar-refractivity contribution in [2.24, 2.45) is 0 Å². The zero-order valence-corrected chi connectivity index (χ0v) is 16.9. The first-order valence-electron chi connectivity index (χ1n) is 7.85. The number of hydrogen-bond donors (Lipinski definition) is 2. The van der Waals surface area contributed by atoms with Crippen LogP contribution in [0.5, 0.6) is 0 Å². The van der Waals surface area contributed by atoms with E-state index in [0.717, 1.165) is 44.8 Å². The van der Waals surface area contributed by atoms with Crippen LogP contribution in [0.4, 0.5) is 0 Å². The van der Waals surface area contributed by atoms with E-state index in [0.29, 0.717) is 0 Å². The van der Waals surface area contributed by atoms with Crippen LogP contribution >= 0.6 is 0 Å². The normalized spacial score (nSPS) is 11.7. The minimum atomic E-state index is 0. The molecule has 0 atom stereocenters. The molecule has 5 nitrogen and oxygen atoms in total. The largest absolute Gasteiger partial charge is 2.00 e. The molecule has 0 amide bonds. The molecular formula is C20H14N4OZn. The van der Waals surface area contributed by atoms with Crippen LogP contribution in [-0.2, 0) is 25.0 Å². The second-order valence-corrected chi connectivity index (χ2v) is 5.91. The van der Waals surface area contributed by atoms with Gasteiger partial charge in [0.2, 0.25) is 0 Å². The fourth-order valence-electron chi connectivity index (χ4n) is 2.94. The monoisotopic (exact) mass is 390 g/mol. The molecule has 0 unspecified atom stereocenters. The molecule has 5 heterocycles. The van der Waals surface area contributed by atoms with Crippen LogP contribution in [0.1, 0.15) is 22.8 Å². The van der Waals surface area contributed by atoms with Crippen LogP contribution in [0.2, 0.25) is 0 Å². The molecule has 0 spiro atoms. The Bertz CT molecular complexity index is 1080. The number of rotatable bonds is 0. The third kappa shape index (κ3) is 3.57. The van der Waals surface area contributed by atoms with Gasteiger partial charge < -0.3 is 15.4 Å². The van der Waals surface area contributed by atoms with Gasteiger partial charge in [0, 0.05) is 22.1 Å². The molecule has 0 aliphatic carbocycles. The Morgan fingerprint density at radius 1 is 0.500 bits per heavy atom. The molecule has 0 radical (unpaired) electrons. The van der Waals surface area contributed by atoms with Gasteiger partial charge in [-0.15, -0.1) is 0 Å². The van der Waals surface area contributed by atoms with Crippen LogP contribution in [0.3, 0.4) is 0 Å². The molecule has 122 valence electrons. The van der Waals surface area contributed by atoms with Crippen molar-refractivity contribution < 1.29 is 25.0 Å². The van der Waals surface area contributed by atoms with E-state index in [2.05, 4.69) is 50.3 Å². The number of nitrogens with one attached hydrogen (secondary N) is 2. The van der Waals surface area contributed by atoms with Crippen molar-refractivity contribution in [3.63, 3.8) is 0 Å². The Morgan fingerprint density at radius 2 is 0.846 bits per heavy atom. The summed E-state index contributed by atoms with van der Waals surface area (Å²) in [5.41, 5.74) is 7.86. The summed E-state index contributed by atoms with van der Waals surface area (Å²) in [5.74, 6) is 0. The predicted octanol–water partition coefficient (Wildman–Crippen LogP) is 4.53. The average molecular weight is 392 g/mol. The zero-order valence-electron chi connectivity index (χ0n) is 13.9. The van der Waals surface area contributed by atoms with Crippen molar-refractivity contribution in [3.05, 3.63) is 71.3 Å². The molecule has 5 rings (SSSR count). The van der Waals surface area contributed by atoms with Gasteiger partial charge in [-0.1, -0.05) is 0 Å². The molecule has 2 N–H and O–H groups in total. The van der Waals surface area contributed by atoms with Gasteiger partial charge in [0.25, 0.3) is 0 Å². The van der Waals surface area contributed by atoms with Crippen molar-refractivity contribution in [2.45, 2.75) is 0 Å². The molecule has 3 aromatic heterocycles. The van der Waals surface area contributed by atoms with E-state index < -0.39 is 0 Å². The Kier molecular flexibility index (Phi) is 4.98. The van der Waals surface area contributed by atoms with Crippen LogP contribution in [0.15, 0.2) is 48.5 Å². The first kappa shape index (κ1) is 18.0. The minimum Gasteiger partial charge on any atom is -2.00 e. The number of nitrogens with zero attached hydrogens (tertiary/aromatic N) is 2. The van der Waals surface area contributed by atoms with Gasteiger partial charge in [-0.3, -0.25) is 0 Å². The molecule has 2 aliphatic rings. The molecule has 2 aliphatic heterocycles. The maximum atomic E-state index is 4.62. The van der Waals surface area contributed by atoms with E-state index in [-0.39, 0.29) is 25.0 Å². The molecule has 8 bridgehead atoms. The second kappa shape index (κ2) is 7.20. The van der Waals surface area contributed by atoms with Crippen molar-refractivity contribution in [1.82, 2.24) is 19.9 Å². The molecule has 6 heteroatoms. The number of H-pyrrole nitrogens is 2. The molecule has 0 fully saturated rings. The number of fused-ring (bicyclic) bond motifs is 8. The first-order valence-corrected chi connectivity index (χ1v) is 7.85. The molecule has 3 aromatic rings. The summed E-state index contributed by atoms with van der Waals surface area (Å²) in [5, 5.41) is 0. The quantitative estimate of drug-likeness (QED) is 0.380. The summed E-state index contributed by atoms with van der Waals surface area (Å²) in [6.45, 7) is 0. The van der Waals surface area contributed by atoms with E-state index in [1.165, 1.54) is 0 Å². The van der Waals surface area contributed by atoms with Crippen molar-refractivity contribution in [2.75, 3.05) is 0 Å². The van der Waals surface area contributed by atoms with E-state index in [9.17, 15) is 0 Å². The van der Waals surface area contributed by atoms with Gasteiger partial charge in [0.15, 0.2) is 0 Å². The fraction of sp³-hybridized carbons (Fsp3) is 0. The number of hydrogen-bond acceptors (Lipinski definition) is 2. The first-order chi connectivity index (χ1) is 11.8. The van der Waals surface area contributed by atoms with E-state index in [1.807, 2.05) is 42.5 Å². The molecule has 0 aromatic carbocycles. The summed E-state index contributed by atoms with van der Waals surface area (Å²) in [7, 11) is 0. The Labute approximate surface area is 162 Å².